The fourth-order valence-electron chi connectivity index (χ4n) is 2.35. The van der Waals surface area contributed by atoms with Crippen molar-refractivity contribution in [1.82, 2.24) is 4.90 Å². The Kier molecular flexibility index (Phi) is 3.54. The van der Waals surface area contributed by atoms with Gasteiger partial charge in [0.1, 0.15) is 5.75 Å². The summed E-state index contributed by atoms with van der Waals surface area (Å²) in [6.07, 6.45) is 0. The van der Waals surface area contributed by atoms with Crippen molar-refractivity contribution in [1.29, 1.82) is 0 Å². The van der Waals surface area contributed by atoms with Gasteiger partial charge in [0.15, 0.2) is 0 Å². The van der Waals surface area contributed by atoms with Crippen LogP contribution in [0, 0.1) is 0 Å². The lowest BCUT2D eigenvalue weighted by Gasteiger charge is -2.37. The van der Waals surface area contributed by atoms with Crippen molar-refractivity contribution in [2.45, 2.75) is 19.3 Å². The first-order chi connectivity index (χ1) is 8.93. The van der Waals surface area contributed by atoms with Gasteiger partial charge in [0.05, 0.1) is 12.5 Å². The molecule has 4 nitrogen and oxygen atoms in total. The summed E-state index contributed by atoms with van der Waals surface area (Å²) in [5.41, 5.74) is 0.505. The molecule has 1 heterocycles. The van der Waals surface area contributed by atoms with Crippen LogP contribution in [0.1, 0.15) is 29.8 Å². The number of rotatable bonds is 3. The van der Waals surface area contributed by atoms with Gasteiger partial charge >= 0.3 is 0 Å². The van der Waals surface area contributed by atoms with Gasteiger partial charge in [0.25, 0.3) is 5.91 Å². The number of hydrogen-bond donors (Lipinski definition) is 0. The van der Waals surface area contributed by atoms with E-state index in [0.717, 1.165) is 5.56 Å². The number of methoxy groups -OCH3 is 1. The average Bonchev–Trinajstić information content (AvgIpc) is 2.41. The zero-order valence-electron chi connectivity index (χ0n) is 11.2. The van der Waals surface area contributed by atoms with E-state index in [9.17, 15) is 9.59 Å². The van der Waals surface area contributed by atoms with E-state index in [4.69, 9.17) is 16.3 Å². The normalized spacial score (nSPS) is 17.4. The predicted molar refractivity (Wildman–Crippen MR) is 72.8 cm³/mol. The van der Waals surface area contributed by atoms with Crippen molar-refractivity contribution in [2.24, 2.45) is 0 Å². The van der Waals surface area contributed by atoms with E-state index >= 15 is 0 Å². The molecule has 0 aromatic heterocycles. The van der Waals surface area contributed by atoms with Gasteiger partial charge in [-0.2, -0.15) is 0 Å². The first-order valence-electron chi connectivity index (χ1n) is 6.04. The van der Waals surface area contributed by atoms with Crippen LogP contribution in [0.15, 0.2) is 18.2 Å². The predicted octanol–water partition coefficient (Wildman–Crippen LogP) is 2.19. The standard InChI is InChI=1S/C14H16ClNO3/c1-14(2)11-5-4-9(19-3)8-10(11)12(17)16(7-6-15)13(14)18/h4-5,8H,6-7H2,1-3H3. The van der Waals surface area contributed by atoms with Crippen molar-refractivity contribution in [2.75, 3.05) is 19.5 Å². The molecule has 0 spiro atoms. The summed E-state index contributed by atoms with van der Waals surface area (Å²) in [5, 5.41) is 0. The Labute approximate surface area is 117 Å². The van der Waals surface area contributed by atoms with Crippen molar-refractivity contribution in [3.05, 3.63) is 29.3 Å². The van der Waals surface area contributed by atoms with E-state index in [1.807, 2.05) is 13.8 Å². The van der Waals surface area contributed by atoms with Gasteiger partial charge in [-0.05, 0) is 31.5 Å². The molecule has 2 amide bonds. The van der Waals surface area contributed by atoms with E-state index < -0.39 is 5.41 Å². The summed E-state index contributed by atoms with van der Waals surface area (Å²) in [5.74, 6) is 0.310. The number of imide groups is 1. The van der Waals surface area contributed by atoms with E-state index in [-0.39, 0.29) is 24.2 Å². The Hall–Kier alpha value is -1.55. The van der Waals surface area contributed by atoms with Crippen LogP contribution >= 0.6 is 11.6 Å². The molecule has 2 rings (SSSR count). The minimum absolute atomic E-state index is 0.212. The van der Waals surface area contributed by atoms with Crippen molar-refractivity contribution < 1.29 is 14.3 Å². The number of benzene rings is 1. The van der Waals surface area contributed by atoms with Crippen LogP contribution in [-0.4, -0.2) is 36.2 Å². The molecule has 0 saturated carbocycles. The molecule has 1 aliphatic heterocycles. The van der Waals surface area contributed by atoms with E-state index in [2.05, 4.69) is 0 Å². The van der Waals surface area contributed by atoms with Gasteiger partial charge in [-0.15, -0.1) is 11.6 Å². The summed E-state index contributed by atoms with van der Waals surface area (Å²) in [6.45, 7) is 3.85. The van der Waals surface area contributed by atoms with Crippen LogP contribution in [0.25, 0.3) is 0 Å². The first kappa shape index (κ1) is 13.9. The second-order valence-corrected chi connectivity index (χ2v) is 5.37. The third kappa shape index (κ3) is 2.10. The number of amides is 2. The van der Waals surface area contributed by atoms with Crippen LogP contribution in [0.3, 0.4) is 0 Å². The molecule has 1 aromatic carbocycles. The fraction of sp³-hybridized carbons (Fsp3) is 0.429. The molecule has 0 aliphatic carbocycles. The zero-order chi connectivity index (χ0) is 14.2. The van der Waals surface area contributed by atoms with Crippen molar-refractivity contribution in [3.8, 4) is 5.75 Å². The summed E-state index contributed by atoms with van der Waals surface area (Å²) in [6, 6.07) is 5.22. The Morgan fingerprint density at radius 2 is 2.00 bits per heavy atom. The lowest BCUT2D eigenvalue weighted by Crippen LogP contribution is -2.52. The first-order valence-corrected chi connectivity index (χ1v) is 6.57. The molecular formula is C14H16ClNO3. The Morgan fingerprint density at radius 3 is 2.58 bits per heavy atom. The molecule has 0 N–H and O–H groups in total. The molecular weight excluding hydrogens is 266 g/mol. The number of halogens is 1. The molecule has 5 heteroatoms. The van der Waals surface area contributed by atoms with Gasteiger partial charge in [0, 0.05) is 18.0 Å². The van der Waals surface area contributed by atoms with Crippen molar-refractivity contribution >= 4 is 23.4 Å². The SMILES string of the molecule is COc1ccc2c(c1)C(=O)N(CCCl)C(=O)C2(C)C. The third-order valence-corrected chi connectivity index (χ3v) is 3.63. The Balaban J connectivity index is 2.59. The molecule has 0 bridgehead atoms. The molecule has 0 saturated heterocycles. The maximum atomic E-state index is 12.4. The van der Waals surface area contributed by atoms with E-state index in [1.165, 1.54) is 4.90 Å². The topological polar surface area (TPSA) is 46.6 Å². The smallest absolute Gasteiger partial charge is 0.260 e. The number of fused-ring (bicyclic) bond motifs is 1. The molecule has 0 fully saturated rings. The van der Waals surface area contributed by atoms with Crippen LogP contribution in [-0.2, 0) is 10.2 Å². The van der Waals surface area contributed by atoms with Crippen LogP contribution in [0.2, 0.25) is 0 Å². The lowest BCUT2D eigenvalue weighted by atomic mass is 9.77. The minimum atomic E-state index is -0.735. The summed E-state index contributed by atoms with van der Waals surface area (Å²) >= 11 is 5.67. The maximum absolute atomic E-state index is 12.4. The number of hydrogen-bond acceptors (Lipinski definition) is 3. The van der Waals surface area contributed by atoms with Gasteiger partial charge in [-0.1, -0.05) is 6.07 Å². The van der Waals surface area contributed by atoms with E-state index in [0.29, 0.717) is 11.3 Å². The second-order valence-electron chi connectivity index (χ2n) is 4.99. The summed E-state index contributed by atoms with van der Waals surface area (Å²) in [7, 11) is 1.54. The molecule has 1 aromatic rings. The highest BCUT2D eigenvalue weighted by molar-refractivity contribution is 6.19. The fourth-order valence-corrected chi connectivity index (χ4v) is 2.52. The number of nitrogens with zero attached hydrogens (tertiary/aromatic N) is 1. The maximum Gasteiger partial charge on any atom is 0.260 e. The zero-order valence-corrected chi connectivity index (χ0v) is 12.0. The molecule has 0 atom stereocenters. The highest BCUT2D eigenvalue weighted by Gasteiger charge is 2.44. The number of alkyl halides is 1. The number of carbonyl (C=O) groups is 2. The van der Waals surface area contributed by atoms with Crippen molar-refractivity contribution in [3.63, 3.8) is 0 Å². The average molecular weight is 282 g/mol. The molecule has 0 unspecified atom stereocenters. The van der Waals surface area contributed by atoms with E-state index in [1.54, 1.807) is 25.3 Å². The van der Waals surface area contributed by atoms with Gasteiger partial charge in [-0.3, -0.25) is 14.5 Å². The highest BCUT2D eigenvalue weighted by Crippen LogP contribution is 2.36. The Bertz CT molecular complexity index is 539. The van der Waals surface area contributed by atoms with Gasteiger partial charge in [-0.25, -0.2) is 0 Å². The monoisotopic (exact) mass is 281 g/mol. The number of carbonyl (C=O) groups excluding carboxylic acids is 2. The van der Waals surface area contributed by atoms with Gasteiger partial charge in [0.2, 0.25) is 5.91 Å². The minimum Gasteiger partial charge on any atom is -0.497 e. The highest BCUT2D eigenvalue weighted by atomic mass is 35.5. The summed E-state index contributed by atoms with van der Waals surface area (Å²) < 4.78 is 5.14. The molecule has 1 aliphatic rings. The third-order valence-electron chi connectivity index (χ3n) is 3.46. The number of ether oxygens (including phenoxy) is 1. The van der Waals surface area contributed by atoms with Crippen LogP contribution in [0.5, 0.6) is 5.75 Å². The largest absolute Gasteiger partial charge is 0.497 e. The molecule has 102 valence electrons. The second kappa shape index (κ2) is 4.85. The molecule has 19 heavy (non-hydrogen) atoms. The summed E-state index contributed by atoms with van der Waals surface area (Å²) in [4.78, 5) is 26.0. The van der Waals surface area contributed by atoms with Crippen LogP contribution < -0.4 is 4.74 Å². The quantitative estimate of drug-likeness (QED) is 0.630. The van der Waals surface area contributed by atoms with Gasteiger partial charge < -0.3 is 4.74 Å². The lowest BCUT2D eigenvalue weighted by molar-refractivity contribution is -0.134. The molecule has 0 radical (unpaired) electrons. The van der Waals surface area contributed by atoms with Crippen LogP contribution in [0.4, 0.5) is 0 Å². The Morgan fingerprint density at radius 1 is 1.32 bits per heavy atom.